The highest BCUT2D eigenvalue weighted by Crippen LogP contribution is 2.36. The SMILES string of the molecule is Cc1cc(N)c(NC(=O)c2ccc(Br)cc2)cc1N1C(C)CCCC1C. The van der Waals surface area contributed by atoms with Crippen LogP contribution in [0.3, 0.4) is 0 Å². The van der Waals surface area contributed by atoms with E-state index in [1.54, 1.807) is 12.1 Å². The smallest absolute Gasteiger partial charge is 0.255 e. The fourth-order valence-corrected chi connectivity index (χ4v) is 4.06. The van der Waals surface area contributed by atoms with Gasteiger partial charge in [0.2, 0.25) is 0 Å². The van der Waals surface area contributed by atoms with E-state index >= 15 is 0 Å². The highest BCUT2D eigenvalue weighted by atomic mass is 79.9. The summed E-state index contributed by atoms with van der Waals surface area (Å²) in [7, 11) is 0. The molecule has 3 rings (SSSR count). The molecule has 1 saturated heterocycles. The molecule has 0 aromatic heterocycles. The summed E-state index contributed by atoms with van der Waals surface area (Å²) in [5, 5.41) is 2.98. The lowest BCUT2D eigenvalue weighted by Gasteiger charge is -2.42. The maximum atomic E-state index is 12.6. The number of anilines is 3. The van der Waals surface area contributed by atoms with Crippen LogP contribution in [0.1, 0.15) is 49.0 Å². The van der Waals surface area contributed by atoms with Crippen molar-refractivity contribution in [3.05, 3.63) is 52.0 Å². The number of hydrogen-bond acceptors (Lipinski definition) is 3. The molecule has 1 aliphatic rings. The van der Waals surface area contributed by atoms with Gasteiger partial charge in [0.15, 0.2) is 0 Å². The zero-order chi connectivity index (χ0) is 18.8. The quantitative estimate of drug-likeness (QED) is 0.663. The molecule has 1 heterocycles. The van der Waals surface area contributed by atoms with Crippen molar-refractivity contribution in [1.82, 2.24) is 0 Å². The molecule has 0 spiro atoms. The second-order valence-electron chi connectivity index (χ2n) is 7.22. The lowest BCUT2D eigenvalue weighted by molar-refractivity contribution is 0.102. The van der Waals surface area contributed by atoms with Crippen LogP contribution in [0.15, 0.2) is 40.9 Å². The monoisotopic (exact) mass is 415 g/mol. The molecule has 0 saturated carbocycles. The first-order valence-electron chi connectivity index (χ1n) is 9.12. The third-order valence-electron chi connectivity index (χ3n) is 5.19. The van der Waals surface area contributed by atoms with Crippen molar-refractivity contribution in [2.24, 2.45) is 0 Å². The number of aryl methyl sites for hydroxylation is 1. The molecule has 2 aromatic carbocycles. The number of rotatable bonds is 3. The summed E-state index contributed by atoms with van der Waals surface area (Å²) in [6.07, 6.45) is 3.64. The van der Waals surface area contributed by atoms with Crippen molar-refractivity contribution in [2.45, 2.75) is 52.1 Å². The lowest BCUT2D eigenvalue weighted by Crippen LogP contribution is -2.44. The zero-order valence-electron chi connectivity index (χ0n) is 15.6. The van der Waals surface area contributed by atoms with Gasteiger partial charge in [-0.2, -0.15) is 0 Å². The van der Waals surface area contributed by atoms with Gasteiger partial charge in [-0.05, 0) is 82.0 Å². The molecule has 0 bridgehead atoms. The molecule has 0 aliphatic carbocycles. The molecule has 2 aromatic rings. The number of nitrogens with two attached hydrogens (primary N) is 1. The van der Waals surface area contributed by atoms with Crippen molar-refractivity contribution in [1.29, 1.82) is 0 Å². The number of carbonyl (C=O) groups excluding carboxylic acids is 1. The average molecular weight is 416 g/mol. The summed E-state index contributed by atoms with van der Waals surface area (Å²) >= 11 is 3.39. The van der Waals surface area contributed by atoms with Crippen LogP contribution in [0, 0.1) is 6.92 Å². The third-order valence-corrected chi connectivity index (χ3v) is 5.72. The Hall–Kier alpha value is -2.01. The van der Waals surface area contributed by atoms with Crippen molar-refractivity contribution >= 4 is 38.9 Å². The average Bonchev–Trinajstić information content (AvgIpc) is 2.59. The minimum absolute atomic E-state index is 0.154. The van der Waals surface area contributed by atoms with Crippen LogP contribution in [0.25, 0.3) is 0 Å². The first kappa shape index (κ1) is 18.8. The molecular formula is C21H26BrN3O. The van der Waals surface area contributed by atoms with E-state index in [9.17, 15) is 4.79 Å². The van der Waals surface area contributed by atoms with E-state index in [-0.39, 0.29) is 5.91 Å². The molecule has 0 radical (unpaired) electrons. The number of amides is 1. The maximum absolute atomic E-state index is 12.6. The molecule has 2 unspecified atom stereocenters. The summed E-state index contributed by atoms with van der Waals surface area (Å²) < 4.78 is 0.944. The second kappa shape index (κ2) is 7.70. The molecule has 26 heavy (non-hydrogen) atoms. The summed E-state index contributed by atoms with van der Waals surface area (Å²) in [4.78, 5) is 15.0. The third kappa shape index (κ3) is 3.88. The Bertz CT molecular complexity index is 794. The second-order valence-corrected chi connectivity index (χ2v) is 8.14. The van der Waals surface area contributed by atoms with Gasteiger partial charge in [0.05, 0.1) is 11.4 Å². The Morgan fingerprint density at radius 1 is 1.15 bits per heavy atom. The van der Waals surface area contributed by atoms with Crippen LogP contribution in [0.5, 0.6) is 0 Å². The minimum Gasteiger partial charge on any atom is -0.397 e. The Labute approximate surface area is 163 Å². The molecule has 5 heteroatoms. The Kier molecular flexibility index (Phi) is 5.56. The van der Waals surface area contributed by atoms with Gasteiger partial charge in [0.25, 0.3) is 5.91 Å². The van der Waals surface area contributed by atoms with E-state index < -0.39 is 0 Å². The van der Waals surface area contributed by atoms with Crippen molar-refractivity contribution in [3.8, 4) is 0 Å². The van der Waals surface area contributed by atoms with E-state index in [1.807, 2.05) is 24.3 Å². The highest BCUT2D eigenvalue weighted by Gasteiger charge is 2.26. The predicted molar refractivity (Wildman–Crippen MR) is 113 cm³/mol. The Morgan fingerprint density at radius 3 is 2.38 bits per heavy atom. The van der Waals surface area contributed by atoms with Crippen molar-refractivity contribution < 1.29 is 4.79 Å². The number of nitrogens with one attached hydrogen (secondary N) is 1. The highest BCUT2D eigenvalue weighted by molar-refractivity contribution is 9.10. The first-order chi connectivity index (χ1) is 12.4. The summed E-state index contributed by atoms with van der Waals surface area (Å²) in [5.74, 6) is -0.154. The van der Waals surface area contributed by atoms with Crippen LogP contribution in [0.2, 0.25) is 0 Å². The first-order valence-corrected chi connectivity index (χ1v) is 9.91. The van der Waals surface area contributed by atoms with E-state index in [1.165, 1.54) is 19.3 Å². The molecule has 3 N–H and O–H groups in total. The molecule has 4 nitrogen and oxygen atoms in total. The summed E-state index contributed by atoms with van der Waals surface area (Å²) in [6.45, 7) is 6.62. The van der Waals surface area contributed by atoms with Crippen molar-refractivity contribution in [2.75, 3.05) is 16.0 Å². The number of benzene rings is 2. The molecule has 1 amide bonds. The molecule has 1 fully saturated rings. The summed E-state index contributed by atoms with van der Waals surface area (Å²) in [6, 6.07) is 12.2. The van der Waals surface area contributed by atoms with Gasteiger partial charge in [-0.1, -0.05) is 15.9 Å². The number of halogens is 1. The van der Waals surface area contributed by atoms with Gasteiger partial charge in [-0.15, -0.1) is 0 Å². The van der Waals surface area contributed by atoms with Crippen LogP contribution in [-0.4, -0.2) is 18.0 Å². The summed E-state index contributed by atoms with van der Waals surface area (Å²) in [5.41, 5.74) is 10.4. The topological polar surface area (TPSA) is 58.4 Å². The standard InChI is InChI=1S/C21H26BrN3O/c1-13-11-18(23)19(24-21(26)16-7-9-17(22)10-8-16)12-20(13)25-14(2)5-4-6-15(25)3/h7-12,14-15H,4-6,23H2,1-3H3,(H,24,26). The fraction of sp³-hybridized carbons (Fsp3) is 0.381. The van der Waals surface area contributed by atoms with Crippen LogP contribution in [-0.2, 0) is 0 Å². The van der Waals surface area contributed by atoms with Crippen LogP contribution in [0.4, 0.5) is 17.1 Å². The van der Waals surface area contributed by atoms with Gasteiger partial charge < -0.3 is 16.0 Å². The van der Waals surface area contributed by atoms with Gasteiger partial charge in [-0.3, -0.25) is 4.79 Å². The molecule has 138 valence electrons. The normalized spacial score (nSPS) is 20.1. The number of nitrogen functional groups attached to an aromatic ring is 1. The Morgan fingerprint density at radius 2 is 1.77 bits per heavy atom. The lowest BCUT2D eigenvalue weighted by atomic mass is 9.95. The van der Waals surface area contributed by atoms with Gasteiger partial charge in [0.1, 0.15) is 0 Å². The number of carbonyl (C=O) groups is 1. The minimum atomic E-state index is -0.154. The number of nitrogens with zero attached hydrogens (tertiary/aromatic N) is 1. The molecular weight excluding hydrogens is 390 g/mol. The predicted octanol–water partition coefficient (Wildman–Crippen LogP) is 5.36. The van der Waals surface area contributed by atoms with E-state index in [0.29, 0.717) is 29.0 Å². The van der Waals surface area contributed by atoms with Crippen LogP contribution < -0.4 is 16.0 Å². The maximum Gasteiger partial charge on any atom is 0.255 e. The fourth-order valence-electron chi connectivity index (χ4n) is 3.80. The Balaban J connectivity index is 1.90. The molecule has 2 atom stereocenters. The van der Waals surface area contributed by atoms with E-state index in [2.05, 4.69) is 46.9 Å². The van der Waals surface area contributed by atoms with E-state index in [4.69, 9.17) is 5.73 Å². The van der Waals surface area contributed by atoms with Gasteiger partial charge >= 0.3 is 0 Å². The number of hydrogen-bond donors (Lipinski definition) is 2. The van der Waals surface area contributed by atoms with Crippen LogP contribution >= 0.6 is 15.9 Å². The van der Waals surface area contributed by atoms with Gasteiger partial charge in [-0.25, -0.2) is 0 Å². The van der Waals surface area contributed by atoms with Gasteiger partial charge in [0, 0.05) is 27.8 Å². The largest absolute Gasteiger partial charge is 0.397 e. The number of piperidine rings is 1. The zero-order valence-corrected chi connectivity index (χ0v) is 17.1. The molecule has 1 aliphatic heterocycles. The van der Waals surface area contributed by atoms with Crippen molar-refractivity contribution in [3.63, 3.8) is 0 Å². The van der Waals surface area contributed by atoms with E-state index in [0.717, 1.165) is 15.7 Å².